The fourth-order valence-electron chi connectivity index (χ4n) is 5.05. The molecule has 124 valence electrons. The van der Waals surface area contributed by atoms with Crippen LogP contribution in [0.2, 0.25) is 0 Å². The molecule has 0 heterocycles. The zero-order chi connectivity index (χ0) is 15.4. The van der Waals surface area contributed by atoms with Gasteiger partial charge in [-0.25, -0.2) is 0 Å². The van der Waals surface area contributed by atoms with Gasteiger partial charge in [0.1, 0.15) is 0 Å². The van der Waals surface area contributed by atoms with E-state index in [2.05, 4.69) is 27.7 Å². The van der Waals surface area contributed by atoms with Gasteiger partial charge in [0, 0.05) is 7.11 Å². The van der Waals surface area contributed by atoms with E-state index in [1.165, 1.54) is 51.4 Å². The fourth-order valence-corrected chi connectivity index (χ4v) is 5.05. The minimum Gasteiger partial charge on any atom is -0.381 e. The maximum atomic E-state index is 6.02. The molecular formula is C20H38O. The molecule has 2 saturated carbocycles. The Morgan fingerprint density at radius 2 is 0.857 bits per heavy atom. The highest BCUT2D eigenvalue weighted by atomic mass is 16.5. The summed E-state index contributed by atoms with van der Waals surface area (Å²) in [6.45, 7) is 9.58. The molecule has 0 amide bonds. The highest BCUT2D eigenvalue weighted by Crippen LogP contribution is 2.42. The van der Waals surface area contributed by atoms with Crippen LogP contribution in [0.3, 0.4) is 0 Å². The van der Waals surface area contributed by atoms with Crippen molar-refractivity contribution in [3.8, 4) is 0 Å². The van der Waals surface area contributed by atoms with E-state index in [1.54, 1.807) is 0 Å². The van der Waals surface area contributed by atoms with E-state index < -0.39 is 0 Å². The van der Waals surface area contributed by atoms with Crippen LogP contribution in [0.15, 0.2) is 0 Å². The van der Waals surface area contributed by atoms with Crippen LogP contribution in [-0.2, 0) is 4.74 Å². The van der Waals surface area contributed by atoms with Gasteiger partial charge in [-0.2, -0.15) is 0 Å². The summed E-state index contributed by atoms with van der Waals surface area (Å²) in [5, 5.41) is 0. The van der Waals surface area contributed by atoms with E-state index in [4.69, 9.17) is 4.74 Å². The summed E-state index contributed by atoms with van der Waals surface area (Å²) >= 11 is 0. The van der Waals surface area contributed by atoms with E-state index >= 15 is 0 Å². The monoisotopic (exact) mass is 294 g/mol. The number of methoxy groups -OCH3 is 1. The van der Waals surface area contributed by atoms with Gasteiger partial charge in [0.25, 0.3) is 0 Å². The van der Waals surface area contributed by atoms with Crippen LogP contribution in [0.4, 0.5) is 0 Å². The maximum Gasteiger partial charge on any atom is 0.0627 e. The summed E-state index contributed by atoms with van der Waals surface area (Å²) in [4.78, 5) is 0. The van der Waals surface area contributed by atoms with Gasteiger partial charge in [0.05, 0.1) is 6.10 Å². The molecule has 0 aliphatic heterocycles. The molecule has 21 heavy (non-hydrogen) atoms. The van der Waals surface area contributed by atoms with Gasteiger partial charge >= 0.3 is 0 Å². The molecule has 0 N–H and O–H groups in total. The largest absolute Gasteiger partial charge is 0.381 e. The first-order chi connectivity index (χ1) is 10.0. The normalized spacial score (nSPS) is 36.1. The third kappa shape index (κ3) is 4.47. The van der Waals surface area contributed by atoms with E-state index in [1.807, 2.05) is 7.11 Å². The molecule has 2 rings (SSSR count). The summed E-state index contributed by atoms with van der Waals surface area (Å²) in [6, 6.07) is 0. The van der Waals surface area contributed by atoms with Gasteiger partial charge in [0.2, 0.25) is 0 Å². The lowest BCUT2D eigenvalue weighted by molar-refractivity contribution is -0.0309. The van der Waals surface area contributed by atoms with E-state index in [0.717, 1.165) is 35.5 Å². The quantitative estimate of drug-likeness (QED) is 0.611. The Balaban J connectivity index is 1.84. The Labute approximate surface area is 133 Å². The fraction of sp³-hybridized carbons (Fsp3) is 1.00. The van der Waals surface area contributed by atoms with Crippen molar-refractivity contribution in [3.63, 3.8) is 0 Å². The van der Waals surface area contributed by atoms with Crippen LogP contribution in [0.1, 0.15) is 79.1 Å². The zero-order valence-corrected chi connectivity index (χ0v) is 15.1. The second-order valence-corrected chi connectivity index (χ2v) is 8.54. The molecule has 0 unspecified atom stereocenters. The third-order valence-corrected chi connectivity index (χ3v) is 6.72. The second-order valence-electron chi connectivity index (χ2n) is 8.54. The first-order valence-corrected chi connectivity index (χ1v) is 9.55. The molecule has 2 aliphatic rings. The lowest BCUT2D eigenvalue weighted by Gasteiger charge is -2.41. The van der Waals surface area contributed by atoms with Gasteiger partial charge in [0.15, 0.2) is 0 Å². The Morgan fingerprint density at radius 1 is 0.571 bits per heavy atom. The Kier molecular flexibility index (Phi) is 6.59. The molecule has 0 bridgehead atoms. The molecule has 2 aliphatic carbocycles. The van der Waals surface area contributed by atoms with Gasteiger partial charge in [-0.15, -0.1) is 0 Å². The van der Waals surface area contributed by atoms with Crippen LogP contribution in [-0.4, -0.2) is 13.2 Å². The Bertz CT molecular complexity index is 252. The van der Waals surface area contributed by atoms with Gasteiger partial charge in [-0.1, -0.05) is 27.7 Å². The number of hydrogen-bond donors (Lipinski definition) is 0. The van der Waals surface area contributed by atoms with E-state index in [0.29, 0.717) is 6.10 Å². The molecule has 1 nitrogen and oxygen atoms in total. The number of rotatable bonds is 5. The number of hydrogen-bond acceptors (Lipinski definition) is 1. The summed E-state index contributed by atoms with van der Waals surface area (Å²) in [5.41, 5.74) is 0. The lowest BCUT2D eigenvalue weighted by atomic mass is 9.69. The Morgan fingerprint density at radius 3 is 1.10 bits per heavy atom. The predicted molar refractivity (Wildman–Crippen MR) is 91.4 cm³/mol. The number of ether oxygens (including phenoxy) is 1. The first kappa shape index (κ1) is 17.3. The van der Waals surface area contributed by atoms with Crippen LogP contribution < -0.4 is 0 Å². The molecule has 0 radical (unpaired) electrons. The van der Waals surface area contributed by atoms with Gasteiger partial charge in [-0.3, -0.25) is 0 Å². The standard InChI is InChI=1S/C20H38O/c1-14(2)16-6-10-18(11-7-16)20(21-5)19-12-8-17(9-13-19)15(3)4/h14-20H,6-13H2,1-5H3. The van der Waals surface area contributed by atoms with Crippen molar-refractivity contribution in [2.45, 2.75) is 85.2 Å². The predicted octanol–water partition coefficient (Wildman–Crippen LogP) is 5.93. The van der Waals surface area contributed by atoms with Crippen molar-refractivity contribution in [2.24, 2.45) is 35.5 Å². The second kappa shape index (κ2) is 7.99. The minimum atomic E-state index is 0.547. The maximum absolute atomic E-state index is 6.02. The molecule has 0 aromatic rings. The third-order valence-electron chi connectivity index (χ3n) is 6.72. The summed E-state index contributed by atoms with van der Waals surface area (Å²) < 4.78 is 6.02. The van der Waals surface area contributed by atoms with Crippen molar-refractivity contribution >= 4 is 0 Å². The highest BCUT2D eigenvalue weighted by Gasteiger charge is 2.35. The van der Waals surface area contributed by atoms with E-state index in [9.17, 15) is 0 Å². The minimum absolute atomic E-state index is 0.547. The average molecular weight is 295 g/mol. The molecule has 0 saturated heterocycles. The highest BCUT2D eigenvalue weighted by molar-refractivity contribution is 4.86. The molecule has 0 aromatic heterocycles. The van der Waals surface area contributed by atoms with Crippen LogP contribution in [0, 0.1) is 35.5 Å². The summed E-state index contributed by atoms with van der Waals surface area (Å²) in [6.07, 6.45) is 11.9. The SMILES string of the molecule is COC(C1CCC(C(C)C)CC1)C1CCC(C(C)C)CC1. The van der Waals surface area contributed by atoms with Crippen LogP contribution in [0.5, 0.6) is 0 Å². The topological polar surface area (TPSA) is 9.23 Å². The Hall–Kier alpha value is -0.0400. The molecular weight excluding hydrogens is 256 g/mol. The van der Waals surface area contributed by atoms with Crippen molar-refractivity contribution in [2.75, 3.05) is 7.11 Å². The first-order valence-electron chi connectivity index (χ1n) is 9.55. The van der Waals surface area contributed by atoms with Gasteiger partial charge in [-0.05, 0) is 86.9 Å². The van der Waals surface area contributed by atoms with Crippen LogP contribution in [0.25, 0.3) is 0 Å². The molecule has 0 spiro atoms. The summed E-state index contributed by atoms with van der Waals surface area (Å²) in [5.74, 6) is 5.35. The van der Waals surface area contributed by atoms with Crippen molar-refractivity contribution < 1.29 is 4.74 Å². The molecule has 1 heteroatoms. The smallest absolute Gasteiger partial charge is 0.0627 e. The average Bonchev–Trinajstić information content (AvgIpc) is 2.49. The molecule has 0 aromatic carbocycles. The molecule has 0 atom stereocenters. The van der Waals surface area contributed by atoms with Crippen molar-refractivity contribution in [3.05, 3.63) is 0 Å². The lowest BCUT2D eigenvalue weighted by Crippen LogP contribution is -2.36. The summed E-state index contributed by atoms with van der Waals surface area (Å²) in [7, 11) is 1.97. The zero-order valence-electron chi connectivity index (χ0n) is 15.1. The van der Waals surface area contributed by atoms with Gasteiger partial charge < -0.3 is 4.74 Å². The van der Waals surface area contributed by atoms with E-state index in [-0.39, 0.29) is 0 Å². The van der Waals surface area contributed by atoms with Crippen molar-refractivity contribution in [1.29, 1.82) is 0 Å². The molecule has 2 fully saturated rings. The van der Waals surface area contributed by atoms with Crippen molar-refractivity contribution in [1.82, 2.24) is 0 Å². The van der Waals surface area contributed by atoms with Crippen LogP contribution >= 0.6 is 0 Å².